The van der Waals surface area contributed by atoms with Crippen LogP contribution in [0.2, 0.25) is 0 Å². The molecule has 23 heavy (non-hydrogen) atoms. The van der Waals surface area contributed by atoms with Crippen LogP contribution < -0.4 is 5.32 Å². The van der Waals surface area contributed by atoms with Crippen molar-refractivity contribution >= 4 is 5.91 Å². The molecule has 1 amide bonds. The summed E-state index contributed by atoms with van der Waals surface area (Å²) >= 11 is 0. The zero-order valence-electron chi connectivity index (χ0n) is 11.8. The van der Waals surface area contributed by atoms with Crippen LogP contribution in [0, 0.1) is 0 Å². The second-order valence-electron chi connectivity index (χ2n) is 5.27. The van der Waals surface area contributed by atoms with Gasteiger partial charge in [0.25, 0.3) is 18.8 Å². The number of alkyl halides is 4. The standard InChI is InChI=1S/C14H13F4N3O2/c15-12(16)9-5-10(13(17)18)21(20-9)6-8-3-4-11(23-8)14(22)19-7-1-2-7/h3-5,7,12-13H,1-2,6H2,(H,19,22). The summed E-state index contributed by atoms with van der Waals surface area (Å²) in [5, 5.41) is 6.19. The predicted octanol–water partition coefficient (Wildman–Crippen LogP) is 3.29. The number of carbonyl (C=O) groups is 1. The summed E-state index contributed by atoms with van der Waals surface area (Å²) in [6.45, 7) is -0.261. The largest absolute Gasteiger partial charge is 0.454 e. The van der Waals surface area contributed by atoms with Crippen LogP contribution in [-0.4, -0.2) is 21.7 Å². The van der Waals surface area contributed by atoms with E-state index >= 15 is 0 Å². The highest BCUT2D eigenvalue weighted by Gasteiger charge is 2.26. The fourth-order valence-electron chi connectivity index (χ4n) is 2.08. The fraction of sp³-hybridized carbons (Fsp3) is 0.429. The number of furan rings is 1. The molecule has 2 heterocycles. The monoisotopic (exact) mass is 331 g/mol. The van der Waals surface area contributed by atoms with Crippen LogP contribution in [0.4, 0.5) is 17.6 Å². The minimum absolute atomic E-state index is 0.0479. The van der Waals surface area contributed by atoms with E-state index in [1.165, 1.54) is 12.1 Å². The van der Waals surface area contributed by atoms with Gasteiger partial charge in [-0.05, 0) is 31.0 Å². The number of carbonyl (C=O) groups excluding carboxylic acids is 1. The predicted molar refractivity (Wildman–Crippen MR) is 70.4 cm³/mol. The molecular formula is C14H13F4N3O2. The van der Waals surface area contributed by atoms with E-state index in [0.29, 0.717) is 6.07 Å². The second kappa shape index (κ2) is 6.05. The minimum Gasteiger partial charge on any atom is -0.454 e. The van der Waals surface area contributed by atoms with Gasteiger partial charge in [0.05, 0.1) is 6.54 Å². The molecule has 9 heteroatoms. The molecule has 2 aromatic heterocycles. The van der Waals surface area contributed by atoms with E-state index in [4.69, 9.17) is 4.42 Å². The summed E-state index contributed by atoms with van der Waals surface area (Å²) < 4.78 is 57.0. The second-order valence-corrected chi connectivity index (χ2v) is 5.27. The maximum atomic E-state index is 12.9. The summed E-state index contributed by atoms with van der Waals surface area (Å²) in [6.07, 6.45) is -4.05. The highest BCUT2D eigenvalue weighted by atomic mass is 19.3. The van der Waals surface area contributed by atoms with Crippen molar-refractivity contribution in [1.29, 1.82) is 0 Å². The lowest BCUT2D eigenvalue weighted by atomic mass is 10.3. The van der Waals surface area contributed by atoms with Gasteiger partial charge in [0.1, 0.15) is 17.1 Å². The average Bonchev–Trinajstić information content (AvgIpc) is 3.02. The molecule has 1 aliphatic carbocycles. The zero-order valence-corrected chi connectivity index (χ0v) is 11.8. The Morgan fingerprint density at radius 1 is 1.30 bits per heavy atom. The molecule has 1 aliphatic rings. The average molecular weight is 331 g/mol. The van der Waals surface area contributed by atoms with Gasteiger partial charge in [-0.2, -0.15) is 5.10 Å². The molecule has 0 aromatic carbocycles. The third kappa shape index (κ3) is 3.54. The number of rotatable bonds is 6. The van der Waals surface area contributed by atoms with Gasteiger partial charge in [0.2, 0.25) is 0 Å². The van der Waals surface area contributed by atoms with Crippen LogP contribution in [0.3, 0.4) is 0 Å². The van der Waals surface area contributed by atoms with Gasteiger partial charge in [-0.3, -0.25) is 9.48 Å². The maximum absolute atomic E-state index is 12.9. The van der Waals surface area contributed by atoms with Crippen LogP contribution >= 0.6 is 0 Å². The number of nitrogens with one attached hydrogen (secondary N) is 1. The molecule has 2 aromatic rings. The molecule has 0 bridgehead atoms. The van der Waals surface area contributed by atoms with Crippen molar-refractivity contribution < 1.29 is 26.8 Å². The van der Waals surface area contributed by atoms with Crippen LogP contribution in [0.5, 0.6) is 0 Å². The lowest BCUT2D eigenvalue weighted by Gasteiger charge is -2.04. The van der Waals surface area contributed by atoms with E-state index in [9.17, 15) is 22.4 Å². The molecule has 0 atom stereocenters. The lowest BCUT2D eigenvalue weighted by molar-refractivity contribution is 0.0920. The first kappa shape index (κ1) is 15.6. The Labute approximate surface area is 128 Å². The van der Waals surface area contributed by atoms with Crippen LogP contribution in [0.1, 0.15) is 53.4 Å². The Morgan fingerprint density at radius 3 is 2.65 bits per heavy atom. The van der Waals surface area contributed by atoms with Gasteiger partial charge < -0.3 is 9.73 Å². The van der Waals surface area contributed by atoms with Gasteiger partial charge in [-0.1, -0.05) is 0 Å². The Morgan fingerprint density at radius 2 is 2.04 bits per heavy atom. The Bertz CT molecular complexity index is 707. The van der Waals surface area contributed by atoms with E-state index in [0.717, 1.165) is 17.5 Å². The van der Waals surface area contributed by atoms with Crippen molar-refractivity contribution in [2.24, 2.45) is 0 Å². The van der Waals surface area contributed by atoms with Crippen molar-refractivity contribution in [3.8, 4) is 0 Å². The normalized spacial score (nSPS) is 14.7. The van der Waals surface area contributed by atoms with Crippen LogP contribution in [0.15, 0.2) is 22.6 Å². The molecule has 3 rings (SSSR count). The van der Waals surface area contributed by atoms with E-state index in [2.05, 4.69) is 10.4 Å². The van der Waals surface area contributed by atoms with Crippen molar-refractivity contribution in [2.45, 2.75) is 38.3 Å². The summed E-state index contributed by atoms with van der Waals surface area (Å²) in [5.41, 5.74) is -1.35. The van der Waals surface area contributed by atoms with Gasteiger partial charge in [-0.25, -0.2) is 17.6 Å². The summed E-state index contributed by atoms with van der Waals surface area (Å²) in [7, 11) is 0. The summed E-state index contributed by atoms with van der Waals surface area (Å²) in [6, 6.07) is 3.66. The van der Waals surface area contributed by atoms with E-state index in [-0.39, 0.29) is 30.0 Å². The zero-order chi connectivity index (χ0) is 16.6. The van der Waals surface area contributed by atoms with E-state index < -0.39 is 24.2 Å². The van der Waals surface area contributed by atoms with Crippen molar-refractivity contribution in [1.82, 2.24) is 15.1 Å². The molecule has 0 aliphatic heterocycles. The first-order valence-corrected chi connectivity index (χ1v) is 6.97. The Balaban J connectivity index is 1.76. The first-order valence-electron chi connectivity index (χ1n) is 6.97. The molecule has 0 spiro atoms. The van der Waals surface area contributed by atoms with Crippen molar-refractivity contribution in [3.63, 3.8) is 0 Å². The summed E-state index contributed by atoms with van der Waals surface area (Å²) in [4.78, 5) is 11.8. The number of aromatic nitrogens is 2. The number of nitrogens with zero attached hydrogens (tertiary/aromatic N) is 2. The Kier molecular flexibility index (Phi) is 4.10. The highest BCUT2D eigenvalue weighted by molar-refractivity contribution is 5.91. The fourth-order valence-corrected chi connectivity index (χ4v) is 2.08. The molecule has 0 unspecified atom stereocenters. The van der Waals surface area contributed by atoms with Crippen LogP contribution in [0.25, 0.3) is 0 Å². The molecule has 0 radical (unpaired) electrons. The lowest BCUT2D eigenvalue weighted by Crippen LogP contribution is -2.24. The number of amides is 1. The highest BCUT2D eigenvalue weighted by Crippen LogP contribution is 2.26. The molecule has 0 saturated heterocycles. The van der Waals surface area contributed by atoms with E-state index in [1.807, 2.05) is 0 Å². The molecule has 1 saturated carbocycles. The van der Waals surface area contributed by atoms with Gasteiger partial charge in [0, 0.05) is 6.04 Å². The Hall–Kier alpha value is -2.32. The molecule has 1 N–H and O–H groups in total. The number of hydrogen-bond donors (Lipinski definition) is 1. The molecule has 5 nitrogen and oxygen atoms in total. The topological polar surface area (TPSA) is 60.1 Å². The quantitative estimate of drug-likeness (QED) is 0.826. The van der Waals surface area contributed by atoms with Crippen molar-refractivity contribution in [3.05, 3.63) is 41.1 Å². The third-order valence-corrected chi connectivity index (χ3v) is 3.38. The molecular weight excluding hydrogens is 318 g/mol. The maximum Gasteiger partial charge on any atom is 0.287 e. The third-order valence-electron chi connectivity index (χ3n) is 3.38. The molecule has 124 valence electrons. The molecule has 1 fully saturated rings. The first-order chi connectivity index (χ1) is 10.9. The summed E-state index contributed by atoms with van der Waals surface area (Å²) in [5.74, 6) is -0.162. The van der Waals surface area contributed by atoms with E-state index in [1.54, 1.807) is 0 Å². The van der Waals surface area contributed by atoms with Crippen LogP contribution in [-0.2, 0) is 6.54 Å². The number of halogens is 4. The number of hydrogen-bond acceptors (Lipinski definition) is 3. The smallest absolute Gasteiger partial charge is 0.287 e. The van der Waals surface area contributed by atoms with Gasteiger partial charge >= 0.3 is 0 Å². The minimum atomic E-state index is -2.94. The van der Waals surface area contributed by atoms with Crippen molar-refractivity contribution in [2.75, 3.05) is 0 Å². The SMILES string of the molecule is O=C(NC1CC1)c1ccc(Cn2nc(C(F)F)cc2C(F)F)o1. The van der Waals surface area contributed by atoms with Gasteiger partial charge in [-0.15, -0.1) is 0 Å². The van der Waals surface area contributed by atoms with Gasteiger partial charge in [0.15, 0.2) is 5.76 Å².